The summed E-state index contributed by atoms with van der Waals surface area (Å²) in [5.74, 6) is -2.22. The summed E-state index contributed by atoms with van der Waals surface area (Å²) in [7, 11) is 0. The highest BCUT2D eigenvalue weighted by Crippen LogP contribution is 2.27. The molecule has 106 valence electrons. The molecule has 0 spiro atoms. The number of aliphatic hydroxyl groups is 1. The molecule has 0 bridgehead atoms. The zero-order valence-corrected chi connectivity index (χ0v) is 11.5. The number of hydrogen-bond acceptors (Lipinski definition) is 1. The normalized spacial score (nSPS) is 12.5. The molecule has 0 aliphatic rings. The largest absolute Gasteiger partial charge is 0.388 e. The molecule has 0 saturated carbocycles. The van der Waals surface area contributed by atoms with E-state index >= 15 is 0 Å². The van der Waals surface area contributed by atoms with Crippen LogP contribution in [-0.4, -0.2) is 5.11 Å². The van der Waals surface area contributed by atoms with Gasteiger partial charge in [0, 0.05) is 12.0 Å². The van der Waals surface area contributed by atoms with Crippen LogP contribution in [-0.2, 0) is 6.42 Å². The molecule has 20 heavy (non-hydrogen) atoms. The smallest absolute Gasteiger partial charge is 0.142 e. The summed E-state index contributed by atoms with van der Waals surface area (Å²) in [5, 5.41) is 9.49. The van der Waals surface area contributed by atoms with Gasteiger partial charge in [0.15, 0.2) is 0 Å². The molecule has 1 atom stereocenters. The van der Waals surface area contributed by atoms with Gasteiger partial charge in [-0.3, -0.25) is 0 Å². The predicted molar refractivity (Wildman–Crippen MR) is 71.4 cm³/mol. The van der Waals surface area contributed by atoms with Gasteiger partial charge < -0.3 is 5.11 Å². The van der Waals surface area contributed by atoms with Crippen molar-refractivity contribution in [3.63, 3.8) is 0 Å². The Bertz CT molecular complexity index is 647. The van der Waals surface area contributed by atoms with E-state index in [1.807, 2.05) is 0 Å². The van der Waals surface area contributed by atoms with Crippen LogP contribution in [0.15, 0.2) is 30.3 Å². The Hall–Kier alpha value is -1.23. The molecule has 0 amide bonds. The molecule has 2 aromatic carbocycles. The van der Waals surface area contributed by atoms with E-state index in [0.29, 0.717) is 5.56 Å². The van der Waals surface area contributed by atoms with Crippen molar-refractivity contribution in [2.75, 3.05) is 0 Å². The molecule has 0 aromatic heterocycles. The molecule has 0 fully saturated rings. The van der Waals surface area contributed by atoms with Crippen molar-refractivity contribution < 1.29 is 18.3 Å². The molecule has 0 radical (unpaired) electrons. The Morgan fingerprint density at radius 3 is 2.20 bits per heavy atom. The summed E-state index contributed by atoms with van der Waals surface area (Å²) in [5.41, 5.74) is 0.283. The van der Waals surface area contributed by atoms with Gasteiger partial charge >= 0.3 is 0 Å². The van der Waals surface area contributed by atoms with Crippen molar-refractivity contribution in [1.82, 2.24) is 0 Å². The van der Waals surface area contributed by atoms with E-state index < -0.39 is 23.6 Å². The minimum atomic E-state index is -1.29. The van der Waals surface area contributed by atoms with Crippen LogP contribution >= 0.6 is 23.2 Å². The quantitative estimate of drug-likeness (QED) is 0.814. The standard InChI is InChI=1S/C14H9Cl2F3O/c15-9-3-7(1-2-11(9)17)4-14(20)8-5-13(19)10(16)6-12(8)18/h1-3,5-6,14,20H,4H2. The second-order valence-corrected chi connectivity index (χ2v) is 5.07. The highest BCUT2D eigenvalue weighted by Gasteiger charge is 2.17. The van der Waals surface area contributed by atoms with E-state index in [4.69, 9.17) is 23.2 Å². The van der Waals surface area contributed by atoms with Gasteiger partial charge in [0.25, 0.3) is 0 Å². The fraction of sp³-hybridized carbons (Fsp3) is 0.143. The summed E-state index contributed by atoms with van der Waals surface area (Å²) in [4.78, 5) is 0. The lowest BCUT2D eigenvalue weighted by Crippen LogP contribution is -2.05. The zero-order valence-electron chi connectivity index (χ0n) is 10.0. The number of hydrogen-bond donors (Lipinski definition) is 1. The topological polar surface area (TPSA) is 20.2 Å². The van der Waals surface area contributed by atoms with Gasteiger partial charge in [-0.15, -0.1) is 0 Å². The van der Waals surface area contributed by atoms with Crippen LogP contribution in [0.3, 0.4) is 0 Å². The fourth-order valence-electron chi connectivity index (χ4n) is 1.79. The highest BCUT2D eigenvalue weighted by molar-refractivity contribution is 6.31. The highest BCUT2D eigenvalue weighted by atomic mass is 35.5. The van der Waals surface area contributed by atoms with Crippen LogP contribution in [0.5, 0.6) is 0 Å². The maximum atomic E-state index is 13.6. The van der Waals surface area contributed by atoms with Gasteiger partial charge in [-0.2, -0.15) is 0 Å². The Kier molecular flexibility index (Phi) is 4.58. The average molecular weight is 321 g/mol. The lowest BCUT2D eigenvalue weighted by atomic mass is 10.0. The van der Waals surface area contributed by atoms with Crippen molar-refractivity contribution in [2.24, 2.45) is 0 Å². The summed E-state index contributed by atoms with van der Waals surface area (Å²) < 4.78 is 39.9. The van der Waals surface area contributed by atoms with Crippen molar-refractivity contribution >= 4 is 23.2 Å². The second kappa shape index (κ2) is 6.04. The third kappa shape index (κ3) is 3.26. The van der Waals surface area contributed by atoms with E-state index in [1.165, 1.54) is 12.1 Å². The monoisotopic (exact) mass is 320 g/mol. The Morgan fingerprint density at radius 2 is 1.55 bits per heavy atom. The summed E-state index contributed by atoms with van der Waals surface area (Å²) >= 11 is 11.0. The van der Waals surface area contributed by atoms with Gasteiger partial charge in [-0.25, -0.2) is 13.2 Å². The van der Waals surface area contributed by atoms with Crippen molar-refractivity contribution in [3.8, 4) is 0 Å². The van der Waals surface area contributed by atoms with Gasteiger partial charge in [-0.1, -0.05) is 29.3 Å². The van der Waals surface area contributed by atoms with Crippen LogP contribution in [0.4, 0.5) is 13.2 Å². The molecule has 1 unspecified atom stereocenters. The van der Waals surface area contributed by atoms with Crippen molar-refractivity contribution in [3.05, 3.63) is 69.0 Å². The van der Waals surface area contributed by atoms with Crippen LogP contribution in [0.1, 0.15) is 17.2 Å². The Balaban J connectivity index is 2.25. The molecule has 0 heterocycles. The van der Waals surface area contributed by atoms with Crippen LogP contribution in [0, 0.1) is 17.5 Å². The van der Waals surface area contributed by atoms with E-state index in [-0.39, 0.29) is 22.0 Å². The predicted octanol–water partition coefficient (Wildman–Crippen LogP) is 4.69. The minimum absolute atomic E-state index is 0.0298. The SMILES string of the molecule is OC(Cc1ccc(F)c(Cl)c1)c1cc(F)c(Cl)cc1F. The molecule has 2 rings (SSSR count). The maximum Gasteiger partial charge on any atom is 0.142 e. The molecular weight excluding hydrogens is 312 g/mol. The Labute approximate surface area is 123 Å². The molecular formula is C14H9Cl2F3O. The van der Waals surface area contributed by atoms with Gasteiger partial charge in [-0.05, 0) is 29.8 Å². The maximum absolute atomic E-state index is 13.6. The summed E-state index contributed by atoms with van der Waals surface area (Å²) in [6.07, 6.45) is -1.32. The second-order valence-electron chi connectivity index (χ2n) is 4.26. The van der Waals surface area contributed by atoms with Crippen molar-refractivity contribution in [2.45, 2.75) is 12.5 Å². The lowest BCUT2D eigenvalue weighted by molar-refractivity contribution is 0.173. The van der Waals surface area contributed by atoms with E-state index in [9.17, 15) is 18.3 Å². The first-order valence-corrected chi connectivity index (χ1v) is 6.40. The van der Waals surface area contributed by atoms with E-state index in [1.54, 1.807) is 0 Å². The number of rotatable bonds is 3. The van der Waals surface area contributed by atoms with E-state index in [2.05, 4.69) is 0 Å². The fourth-order valence-corrected chi connectivity index (χ4v) is 2.15. The first kappa shape index (κ1) is 15.2. The molecule has 2 aromatic rings. The third-order valence-corrected chi connectivity index (χ3v) is 3.39. The molecule has 0 saturated heterocycles. The minimum Gasteiger partial charge on any atom is -0.388 e. The van der Waals surface area contributed by atoms with E-state index in [0.717, 1.165) is 18.2 Å². The summed E-state index contributed by atoms with van der Waals surface area (Å²) in [6, 6.07) is 5.52. The van der Waals surface area contributed by atoms with Gasteiger partial charge in [0.2, 0.25) is 0 Å². The lowest BCUT2D eigenvalue weighted by Gasteiger charge is -2.13. The number of benzene rings is 2. The first-order chi connectivity index (χ1) is 9.38. The Morgan fingerprint density at radius 1 is 0.900 bits per heavy atom. The number of halogens is 5. The molecule has 0 aliphatic heterocycles. The molecule has 6 heteroatoms. The average Bonchev–Trinajstić information content (AvgIpc) is 2.38. The number of aliphatic hydroxyl groups excluding tert-OH is 1. The van der Waals surface area contributed by atoms with Gasteiger partial charge in [0.05, 0.1) is 16.1 Å². The molecule has 0 aliphatic carbocycles. The van der Waals surface area contributed by atoms with Crippen molar-refractivity contribution in [1.29, 1.82) is 0 Å². The van der Waals surface area contributed by atoms with Crippen LogP contribution in [0.2, 0.25) is 10.0 Å². The molecule has 1 N–H and O–H groups in total. The van der Waals surface area contributed by atoms with Crippen LogP contribution < -0.4 is 0 Å². The van der Waals surface area contributed by atoms with Gasteiger partial charge in [0.1, 0.15) is 17.5 Å². The third-order valence-electron chi connectivity index (χ3n) is 2.81. The first-order valence-electron chi connectivity index (χ1n) is 5.65. The molecule has 1 nitrogen and oxygen atoms in total. The zero-order chi connectivity index (χ0) is 14.9. The van der Waals surface area contributed by atoms with Crippen LogP contribution in [0.25, 0.3) is 0 Å². The summed E-state index contributed by atoms with van der Waals surface area (Å²) in [6.45, 7) is 0.